The van der Waals surface area contributed by atoms with Crippen molar-refractivity contribution in [3.63, 3.8) is 0 Å². The fourth-order valence-corrected chi connectivity index (χ4v) is 2.35. The van der Waals surface area contributed by atoms with Crippen LogP contribution in [-0.4, -0.2) is 37.4 Å². The highest BCUT2D eigenvalue weighted by atomic mass is 35.5. The zero-order valence-electron chi connectivity index (χ0n) is 10.6. The van der Waals surface area contributed by atoms with Crippen molar-refractivity contribution in [1.82, 2.24) is 4.31 Å². The van der Waals surface area contributed by atoms with Crippen LogP contribution in [0.15, 0.2) is 18.2 Å². The van der Waals surface area contributed by atoms with E-state index in [2.05, 4.69) is 4.72 Å². The van der Waals surface area contributed by atoms with Gasteiger partial charge in [-0.25, -0.2) is 0 Å². The molecule has 0 aliphatic carbocycles. The zero-order valence-corrected chi connectivity index (χ0v) is 12.1. The largest absolute Gasteiger partial charge is 0.481 e. The average Bonchev–Trinajstić information content (AvgIpc) is 2.30. The number of benzene rings is 1. The number of carboxylic acids is 1. The molecule has 0 unspecified atom stereocenters. The van der Waals surface area contributed by atoms with Gasteiger partial charge in [0.2, 0.25) is 0 Å². The van der Waals surface area contributed by atoms with Gasteiger partial charge in [-0.2, -0.15) is 12.7 Å². The number of anilines is 1. The maximum atomic E-state index is 11.9. The van der Waals surface area contributed by atoms with E-state index in [4.69, 9.17) is 16.7 Å². The van der Waals surface area contributed by atoms with Gasteiger partial charge in [0.25, 0.3) is 0 Å². The summed E-state index contributed by atoms with van der Waals surface area (Å²) in [5.74, 6) is -1.06. The van der Waals surface area contributed by atoms with Gasteiger partial charge in [0.05, 0.1) is 12.1 Å². The van der Waals surface area contributed by atoms with Crippen LogP contribution in [0.4, 0.5) is 5.69 Å². The first-order valence-corrected chi connectivity index (χ1v) is 7.26. The van der Waals surface area contributed by atoms with E-state index in [0.29, 0.717) is 10.7 Å². The summed E-state index contributed by atoms with van der Waals surface area (Å²) >= 11 is 5.90. The van der Waals surface area contributed by atoms with Gasteiger partial charge in [-0.3, -0.25) is 9.52 Å². The van der Waals surface area contributed by atoms with Crippen LogP contribution in [0.25, 0.3) is 0 Å². The smallest absolute Gasteiger partial charge is 0.304 e. The molecule has 0 spiro atoms. The van der Waals surface area contributed by atoms with Crippen LogP contribution < -0.4 is 4.72 Å². The number of hydrogen-bond acceptors (Lipinski definition) is 3. The van der Waals surface area contributed by atoms with Crippen LogP contribution in [0.1, 0.15) is 12.0 Å². The molecule has 2 N–H and O–H groups in total. The lowest BCUT2D eigenvalue weighted by atomic mass is 10.2. The van der Waals surface area contributed by atoms with Crippen LogP contribution in [0.5, 0.6) is 0 Å². The molecule has 1 rings (SSSR count). The first-order chi connectivity index (χ1) is 8.72. The lowest BCUT2D eigenvalue weighted by molar-refractivity contribution is -0.137. The highest BCUT2D eigenvalue weighted by Crippen LogP contribution is 2.21. The molecule has 0 radical (unpaired) electrons. The Morgan fingerprint density at radius 2 is 2.11 bits per heavy atom. The molecule has 0 atom stereocenters. The van der Waals surface area contributed by atoms with Crippen molar-refractivity contribution in [3.8, 4) is 0 Å². The molecule has 1 aromatic carbocycles. The van der Waals surface area contributed by atoms with Gasteiger partial charge in [-0.15, -0.1) is 0 Å². The van der Waals surface area contributed by atoms with E-state index in [1.165, 1.54) is 13.1 Å². The van der Waals surface area contributed by atoms with Crippen LogP contribution in [0, 0.1) is 6.92 Å². The highest BCUT2D eigenvalue weighted by Gasteiger charge is 2.18. The summed E-state index contributed by atoms with van der Waals surface area (Å²) < 4.78 is 27.0. The Labute approximate surface area is 117 Å². The van der Waals surface area contributed by atoms with E-state index >= 15 is 0 Å². The Morgan fingerprint density at radius 3 is 2.63 bits per heavy atom. The zero-order chi connectivity index (χ0) is 14.6. The van der Waals surface area contributed by atoms with Gasteiger partial charge < -0.3 is 5.11 Å². The van der Waals surface area contributed by atoms with Gasteiger partial charge in [-0.05, 0) is 24.6 Å². The summed E-state index contributed by atoms with van der Waals surface area (Å²) in [5.41, 5.74) is 1.17. The van der Waals surface area contributed by atoms with Crippen molar-refractivity contribution in [3.05, 3.63) is 28.8 Å². The lowest BCUT2D eigenvalue weighted by Crippen LogP contribution is -2.34. The first-order valence-electron chi connectivity index (χ1n) is 5.44. The van der Waals surface area contributed by atoms with E-state index in [9.17, 15) is 13.2 Å². The van der Waals surface area contributed by atoms with E-state index in [1.54, 1.807) is 19.1 Å². The molecule has 0 saturated carbocycles. The fraction of sp³-hybridized carbons (Fsp3) is 0.364. The van der Waals surface area contributed by atoms with Gasteiger partial charge >= 0.3 is 16.2 Å². The van der Waals surface area contributed by atoms with Crippen molar-refractivity contribution < 1.29 is 18.3 Å². The molecular weight excluding hydrogens is 292 g/mol. The van der Waals surface area contributed by atoms with Gasteiger partial charge in [0.1, 0.15) is 0 Å². The SMILES string of the molecule is Cc1ccc(NS(=O)(=O)N(C)CCC(=O)O)cc1Cl. The molecule has 0 aromatic heterocycles. The molecule has 0 aliphatic rings. The van der Waals surface area contributed by atoms with Gasteiger partial charge in [0, 0.05) is 18.6 Å². The van der Waals surface area contributed by atoms with Crippen LogP contribution >= 0.6 is 11.6 Å². The molecule has 106 valence electrons. The number of aryl methyl sites for hydroxylation is 1. The fourth-order valence-electron chi connectivity index (χ4n) is 1.26. The quantitative estimate of drug-likeness (QED) is 0.837. The molecule has 6 nitrogen and oxygen atoms in total. The van der Waals surface area contributed by atoms with E-state index in [0.717, 1.165) is 9.87 Å². The topological polar surface area (TPSA) is 86.7 Å². The summed E-state index contributed by atoms with van der Waals surface area (Å²) in [5, 5.41) is 8.98. The van der Waals surface area contributed by atoms with E-state index in [1.807, 2.05) is 0 Å². The Morgan fingerprint density at radius 1 is 1.47 bits per heavy atom. The minimum absolute atomic E-state index is 0.107. The normalized spacial score (nSPS) is 11.6. The van der Waals surface area contributed by atoms with Crippen LogP contribution in [0.2, 0.25) is 5.02 Å². The molecule has 19 heavy (non-hydrogen) atoms. The molecule has 8 heteroatoms. The Kier molecular flexibility index (Phi) is 5.16. The predicted molar refractivity (Wildman–Crippen MR) is 73.6 cm³/mol. The monoisotopic (exact) mass is 306 g/mol. The Balaban J connectivity index is 2.78. The summed E-state index contributed by atoms with van der Waals surface area (Å²) in [7, 11) is -2.47. The molecule has 0 amide bonds. The average molecular weight is 307 g/mol. The molecule has 0 bridgehead atoms. The summed E-state index contributed by atoms with van der Waals surface area (Å²) in [6.45, 7) is 1.70. The number of nitrogens with zero attached hydrogens (tertiary/aromatic N) is 1. The number of halogens is 1. The number of hydrogen-bond donors (Lipinski definition) is 2. The lowest BCUT2D eigenvalue weighted by Gasteiger charge is -2.17. The summed E-state index contributed by atoms with van der Waals surface area (Å²) in [4.78, 5) is 10.4. The third-order valence-corrected chi connectivity index (χ3v) is 4.37. The van der Waals surface area contributed by atoms with Crippen molar-refractivity contribution in [2.24, 2.45) is 0 Å². The van der Waals surface area contributed by atoms with Gasteiger partial charge in [0.15, 0.2) is 0 Å². The molecule has 0 heterocycles. The summed E-state index contributed by atoms with van der Waals surface area (Å²) in [6.07, 6.45) is -0.258. The standard InChI is InChI=1S/C11H15ClN2O4S/c1-8-3-4-9(7-10(8)12)13-19(17,18)14(2)6-5-11(15)16/h3-4,7,13H,5-6H2,1-2H3,(H,15,16). The number of carbonyl (C=O) groups is 1. The van der Waals surface area contributed by atoms with Crippen molar-refractivity contribution in [2.45, 2.75) is 13.3 Å². The Bertz CT molecular complexity index is 574. The number of nitrogens with one attached hydrogen (secondary N) is 1. The number of rotatable bonds is 6. The molecular formula is C11H15ClN2O4S. The second kappa shape index (κ2) is 6.23. The molecule has 0 fully saturated rings. The van der Waals surface area contributed by atoms with E-state index < -0.39 is 16.2 Å². The predicted octanol–water partition coefficient (Wildman–Crippen LogP) is 1.71. The van der Waals surface area contributed by atoms with Crippen molar-refractivity contribution >= 4 is 33.5 Å². The first kappa shape index (κ1) is 15.7. The maximum absolute atomic E-state index is 11.9. The second-order valence-electron chi connectivity index (χ2n) is 4.04. The van der Waals surface area contributed by atoms with Crippen LogP contribution in [0.3, 0.4) is 0 Å². The van der Waals surface area contributed by atoms with E-state index in [-0.39, 0.29) is 13.0 Å². The summed E-state index contributed by atoms with van der Waals surface area (Å²) in [6, 6.07) is 4.78. The molecule has 0 aliphatic heterocycles. The minimum atomic E-state index is -3.78. The van der Waals surface area contributed by atoms with Crippen molar-refractivity contribution in [2.75, 3.05) is 18.3 Å². The van der Waals surface area contributed by atoms with Gasteiger partial charge in [-0.1, -0.05) is 17.7 Å². The maximum Gasteiger partial charge on any atom is 0.304 e. The Hall–Kier alpha value is -1.31. The number of carboxylic acid groups (broad SMARTS) is 1. The minimum Gasteiger partial charge on any atom is -0.481 e. The highest BCUT2D eigenvalue weighted by molar-refractivity contribution is 7.90. The third kappa shape index (κ3) is 4.70. The second-order valence-corrected chi connectivity index (χ2v) is 6.22. The third-order valence-electron chi connectivity index (χ3n) is 2.47. The van der Waals surface area contributed by atoms with Crippen LogP contribution in [-0.2, 0) is 15.0 Å². The number of aliphatic carboxylic acids is 1. The van der Waals surface area contributed by atoms with Crippen molar-refractivity contribution in [1.29, 1.82) is 0 Å². The molecule has 0 saturated heterocycles. The molecule has 1 aromatic rings.